The van der Waals surface area contributed by atoms with Crippen molar-refractivity contribution >= 4 is 22.9 Å². The number of carbonyl (C=O) groups is 1. The number of pyridine rings is 1. The lowest BCUT2D eigenvalue weighted by atomic mass is 10.2. The van der Waals surface area contributed by atoms with Crippen molar-refractivity contribution in [3.8, 4) is 5.75 Å². The number of rotatable bonds is 6. The molecular weight excluding hydrogens is 332 g/mol. The smallest absolute Gasteiger partial charge is 0.265 e. The minimum atomic E-state index is -0.0842. The SMILES string of the molecule is CCc1cc(C(=O)Nc2cccc(OCc3ccncc3)c2)sc1C. The topological polar surface area (TPSA) is 51.2 Å². The first-order chi connectivity index (χ1) is 12.2. The average molecular weight is 352 g/mol. The Bertz CT molecular complexity index is 859. The summed E-state index contributed by atoms with van der Waals surface area (Å²) in [4.78, 5) is 18.4. The molecule has 5 heteroatoms. The summed E-state index contributed by atoms with van der Waals surface area (Å²) >= 11 is 1.53. The first-order valence-electron chi connectivity index (χ1n) is 8.18. The summed E-state index contributed by atoms with van der Waals surface area (Å²) in [5, 5.41) is 2.94. The third kappa shape index (κ3) is 4.45. The van der Waals surface area contributed by atoms with Gasteiger partial charge in [0.15, 0.2) is 0 Å². The number of aryl methyl sites for hydroxylation is 2. The minimum Gasteiger partial charge on any atom is -0.489 e. The first-order valence-corrected chi connectivity index (χ1v) is 9.00. The number of ether oxygens (including phenoxy) is 1. The number of thiophene rings is 1. The van der Waals surface area contributed by atoms with E-state index >= 15 is 0 Å². The molecular formula is C20H20N2O2S. The summed E-state index contributed by atoms with van der Waals surface area (Å²) < 4.78 is 5.78. The molecule has 0 unspecified atom stereocenters. The highest BCUT2D eigenvalue weighted by Gasteiger charge is 2.12. The zero-order valence-electron chi connectivity index (χ0n) is 14.3. The van der Waals surface area contributed by atoms with Crippen LogP contribution in [0, 0.1) is 6.92 Å². The quantitative estimate of drug-likeness (QED) is 0.690. The molecule has 1 N–H and O–H groups in total. The molecule has 0 fully saturated rings. The van der Waals surface area contributed by atoms with Gasteiger partial charge in [0.25, 0.3) is 5.91 Å². The lowest BCUT2D eigenvalue weighted by molar-refractivity contribution is 0.103. The van der Waals surface area contributed by atoms with E-state index in [4.69, 9.17) is 4.74 Å². The van der Waals surface area contributed by atoms with Crippen molar-refractivity contribution < 1.29 is 9.53 Å². The molecule has 2 heterocycles. The molecule has 0 aliphatic heterocycles. The van der Waals surface area contributed by atoms with Gasteiger partial charge < -0.3 is 10.1 Å². The second-order valence-corrected chi connectivity index (χ2v) is 6.93. The minimum absolute atomic E-state index is 0.0842. The summed E-state index contributed by atoms with van der Waals surface area (Å²) in [6, 6.07) is 13.2. The van der Waals surface area contributed by atoms with Crippen LogP contribution in [0.2, 0.25) is 0 Å². The maximum atomic E-state index is 12.4. The van der Waals surface area contributed by atoms with Crippen LogP contribution >= 0.6 is 11.3 Å². The number of aromatic nitrogens is 1. The van der Waals surface area contributed by atoms with Gasteiger partial charge in [-0.1, -0.05) is 13.0 Å². The Morgan fingerprint density at radius 3 is 2.72 bits per heavy atom. The van der Waals surface area contributed by atoms with Crippen molar-refractivity contribution in [2.45, 2.75) is 26.9 Å². The third-order valence-electron chi connectivity index (χ3n) is 3.87. The molecule has 0 radical (unpaired) electrons. The van der Waals surface area contributed by atoms with Crippen LogP contribution in [-0.4, -0.2) is 10.9 Å². The predicted molar refractivity (Wildman–Crippen MR) is 101 cm³/mol. The molecule has 25 heavy (non-hydrogen) atoms. The summed E-state index contributed by atoms with van der Waals surface area (Å²) in [7, 11) is 0. The number of hydrogen-bond acceptors (Lipinski definition) is 4. The molecule has 3 aromatic rings. The fourth-order valence-corrected chi connectivity index (χ4v) is 3.49. The van der Waals surface area contributed by atoms with Crippen LogP contribution in [0.25, 0.3) is 0 Å². The van der Waals surface area contributed by atoms with Crippen LogP contribution in [0.3, 0.4) is 0 Å². The van der Waals surface area contributed by atoms with Gasteiger partial charge in [-0.2, -0.15) is 0 Å². The Labute approximate surface area is 151 Å². The Hall–Kier alpha value is -2.66. The zero-order chi connectivity index (χ0) is 17.6. The maximum absolute atomic E-state index is 12.4. The lowest BCUT2D eigenvalue weighted by Crippen LogP contribution is -2.10. The van der Waals surface area contributed by atoms with E-state index < -0.39 is 0 Å². The number of amides is 1. The van der Waals surface area contributed by atoms with Crippen LogP contribution in [0.15, 0.2) is 54.9 Å². The summed E-state index contributed by atoms with van der Waals surface area (Å²) in [5.74, 6) is 0.630. The van der Waals surface area contributed by atoms with Crippen molar-refractivity contribution in [2.24, 2.45) is 0 Å². The fourth-order valence-electron chi connectivity index (χ4n) is 2.48. The van der Waals surface area contributed by atoms with Gasteiger partial charge >= 0.3 is 0 Å². The lowest BCUT2D eigenvalue weighted by Gasteiger charge is -2.09. The van der Waals surface area contributed by atoms with Gasteiger partial charge in [0.05, 0.1) is 4.88 Å². The van der Waals surface area contributed by atoms with Gasteiger partial charge in [-0.05, 0) is 54.8 Å². The number of nitrogens with zero attached hydrogens (tertiary/aromatic N) is 1. The molecule has 0 saturated heterocycles. The Morgan fingerprint density at radius 1 is 1.20 bits per heavy atom. The van der Waals surface area contributed by atoms with Crippen molar-refractivity contribution in [3.05, 3.63) is 75.7 Å². The number of nitrogens with one attached hydrogen (secondary N) is 1. The van der Waals surface area contributed by atoms with E-state index in [1.54, 1.807) is 12.4 Å². The molecule has 0 aliphatic carbocycles. The average Bonchev–Trinajstić information content (AvgIpc) is 3.02. The van der Waals surface area contributed by atoms with Gasteiger partial charge in [0.1, 0.15) is 12.4 Å². The second-order valence-electron chi connectivity index (χ2n) is 5.67. The van der Waals surface area contributed by atoms with E-state index in [1.165, 1.54) is 21.8 Å². The molecule has 1 aromatic carbocycles. The normalized spacial score (nSPS) is 10.5. The van der Waals surface area contributed by atoms with Crippen LogP contribution in [0.5, 0.6) is 5.75 Å². The molecule has 0 saturated carbocycles. The number of carbonyl (C=O) groups excluding carboxylic acids is 1. The number of hydrogen-bond donors (Lipinski definition) is 1. The van der Waals surface area contributed by atoms with E-state index in [9.17, 15) is 4.79 Å². The third-order valence-corrected chi connectivity index (χ3v) is 4.96. The van der Waals surface area contributed by atoms with Gasteiger partial charge in [-0.15, -0.1) is 11.3 Å². The van der Waals surface area contributed by atoms with E-state index in [1.807, 2.05) is 49.4 Å². The van der Waals surface area contributed by atoms with Gasteiger partial charge in [-0.25, -0.2) is 0 Å². The van der Waals surface area contributed by atoms with E-state index in [-0.39, 0.29) is 5.91 Å². The Kier molecular flexibility index (Phi) is 5.46. The monoisotopic (exact) mass is 352 g/mol. The van der Waals surface area contributed by atoms with Crippen molar-refractivity contribution in [1.82, 2.24) is 4.98 Å². The number of benzene rings is 1. The van der Waals surface area contributed by atoms with E-state index in [2.05, 4.69) is 17.2 Å². The standard InChI is InChI=1S/C20H20N2O2S/c1-3-16-11-19(25-14(16)2)20(23)22-17-5-4-6-18(12-17)24-13-15-7-9-21-10-8-15/h4-12H,3,13H2,1-2H3,(H,22,23). The van der Waals surface area contributed by atoms with Crippen molar-refractivity contribution in [3.63, 3.8) is 0 Å². The highest BCUT2D eigenvalue weighted by atomic mass is 32.1. The van der Waals surface area contributed by atoms with Gasteiger partial charge in [-0.3, -0.25) is 9.78 Å². The molecule has 128 valence electrons. The van der Waals surface area contributed by atoms with E-state index in [0.29, 0.717) is 12.4 Å². The highest BCUT2D eigenvalue weighted by molar-refractivity contribution is 7.14. The predicted octanol–water partition coefficient (Wildman–Crippen LogP) is 4.85. The summed E-state index contributed by atoms with van der Waals surface area (Å²) in [6.07, 6.45) is 4.42. The van der Waals surface area contributed by atoms with Crippen LogP contribution in [0.4, 0.5) is 5.69 Å². The van der Waals surface area contributed by atoms with Crippen molar-refractivity contribution in [2.75, 3.05) is 5.32 Å². The first kappa shape index (κ1) is 17.2. The zero-order valence-corrected chi connectivity index (χ0v) is 15.1. The molecule has 4 nitrogen and oxygen atoms in total. The molecule has 2 aromatic heterocycles. The van der Waals surface area contributed by atoms with Crippen molar-refractivity contribution in [1.29, 1.82) is 0 Å². The molecule has 0 bridgehead atoms. The van der Waals surface area contributed by atoms with Crippen LogP contribution in [0.1, 0.15) is 32.6 Å². The fraction of sp³-hybridized carbons (Fsp3) is 0.200. The second kappa shape index (κ2) is 7.94. The molecule has 0 aliphatic rings. The summed E-state index contributed by atoms with van der Waals surface area (Å²) in [6.45, 7) is 4.61. The molecule has 0 atom stereocenters. The number of anilines is 1. The largest absolute Gasteiger partial charge is 0.489 e. The van der Waals surface area contributed by atoms with Crippen LogP contribution in [-0.2, 0) is 13.0 Å². The Morgan fingerprint density at radius 2 is 2.00 bits per heavy atom. The van der Waals surface area contributed by atoms with Gasteiger partial charge in [0, 0.05) is 29.0 Å². The maximum Gasteiger partial charge on any atom is 0.265 e. The van der Waals surface area contributed by atoms with Crippen LogP contribution < -0.4 is 10.1 Å². The van der Waals surface area contributed by atoms with Gasteiger partial charge in [0.2, 0.25) is 0 Å². The summed E-state index contributed by atoms with van der Waals surface area (Å²) in [5.41, 5.74) is 3.00. The molecule has 0 spiro atoms. The molecule has 3 rings (SSSR count). The Balaban J connectivity index is 1.65. The van der Waals surface area contributed by atoms with E-state index in [0.717, 1.165) is 22.5 Å². The molecule has 1 amide bonds. The highest BCUT2D eigenvalue weighted by Crippen LogP contribution is 2.24.